The van der Waals surface area contributed by atoms with Crippen molar-refractivity contribution in [1.29, 1.82) is 0 Å². The number of nitrogens with zero attached hydrogens (tertiary/aromatic N) is 1. The Morgan fingerprint density at radius 2 is 1.23 bits per heavy atom. The fourth-order valence-electron chi connectivity index (χ4n) is 9.08. The number of hydrogen-bond donors (Lipinski definition) is 1. The van der Waals surface area contributed by atoms with Crippen molar-refractivity contribution in [1.82, 2.24) is 4.90 Å². The van der Waals surface area contributed by atoms with E-state index < -0.39 is 0 Å². The summed E-state index contributed by atoms with van der Waals surface area (Å²) >= 11 is 0. The van der Waals surface area contributed by atoms with Crippen LogP contribution in [0.2, 0.25) is 0 Å². The van der Waals surface area contributed by atoms with Gasteiger partial charge in [-0.1, -0.05) is 53.7 Å². The smallest absolute Gasteiger partial charge is 0.122 e. The molecule has 2 nitrogen and oxygen atoms in total. The summed E-state index contributed by atoms with van der Waals surface area (Å²) < 4.78 is 0. The quantitative estimate of drug-likeness (QED) is 0.548. The highest BCUT2D eigenvalue weighted by Crippen LogP contribution is 2.74. The van der Waals surface area contributed by atoms with Gasteiger partial charge in [-0.15, -0.1) is 0 Å². The van der Waals surface area contributed by atoms with Crippen molar-refractivity contribution in [2.45, 2.75) is 98.4 Å². The molecule has 1 aromatic rings. The van der Waals surface area contributed by atoms with Crippen LogP contribution in [0.5, 0.6) is 5.75 Å². The Hall–Kier alpha value is -1.02. The van der Waals surface area contributed by atoms with Crippen molar-refractivity contribution in [3.63, 3.8) is 0 Å². The molecule has 2 heteroatoms. The van der Waals surface area contributed by atoms with Gasteiger partial charge in [0.1, 0.15) is 5.75 Å². The van der Waals surface area contributed by atoms with Crippen LogP contribution in [0, 0.1) is 33.5 Å². The zero-order valence-electron chi connectivity index (χ0n) is 21.3. The highest BCUT2D eigenvalue weighted by Gasteiger charge is 2.63. The van der Waals surface area contributed by atoms with E-state index >= 15 is 0 Å². The maximum absolute atomic E-state index is 11.9. The van der Waals surface area contributed by atoms with Crippen molar-refractivity contribution in [3.8, 4) is 5.75 Å². The molecule has 0 heterocycles. The average Bonchev–Trinajstić information content (AvgIpc) is 3.20. The minimum absolute atomic E-state index is 0.293. The van der Waals surface area contributed by atoms with Crippen LogP contribution in [0.1, 0.15) is 109 Å². The Kier molecular flexibility index (Phi) is 4.59. The Balaban J connectivity index is 1.63. The van der Waals surface area contributed by atoms with Crippen molar-refractivity contribution in [3.05, 3.63) is 28.8 Å². The zero-order valence-corrected chi connectivity index (χ0v) is 21.3. The van der Waals surface area contributed by atoms with Gasteiger partial charge in [0.2, 0.25) is 0 Å². The van der Waals surface area contributed by atoms with E-state index in [9.17, 15) is 5.11 Å². The Labute approximate surface area is 190 Å². The topological polar surface area (TPSA) is 23.5 Å². The summed E-state index contributed by atoms with van der Waals surface area (Å²) in [7, 11) is 4.33. The van der Waals surface area contributed by atoms with Gasteiger partial charge in [0.15, 0.2) is 0 Å². The minimum atomic E-state index is 0.293. The lowest BCUT2D eigenvalue weighted by Crippen LogP contribution is -2.32. The summed E-state index contributed by atoms with van der Waals surface area (Å²) in [5, 5.41) is 11.9. The van der Waals surface area contributed by atoms with Crippen LogP contribution < -0.4 is 0 Å². The van der Waals surface area contributed by atoms with Crippen LogP contribution in [0.4, 0.5) is 0 Å². The van der Waals surface area contributed by atoms with Gasteiger partial charge in [0.05, 0.1) is 0 Å². The SMILES string of the molecule is CN(C)Cc1cc([C@H]2C[C@@H]3CC[C@@]2(C)C3(C)C)c(O)c([C@@H]2C[C@H]3CC[C@]2(C)C3(C)C)c1. The maximum atomic E-state index is 11.9. The lowest BCUT2D eigenvalue weighted by molar-refractivity contribution is 0.130. The molecule has 0 aliphatic heterocycles. The first-order valence-corrected chi connectivity index (χ1v) is 12.8. The first-order chi connectivity index (χ1) is 14.3. The lowest BCUT2D eigenvalue weighted by atomic mass is 9.63. The third-order valence-electron chi connectivity index (χ3n) is 12.1. The minimum Gasteiger partial charge on any atom is -0.507 e. The molecule has 6 atom stereocenters. The van der Waals surface area contributed by atoms with Crippen LogP contribution in [-0.2, 0) is 6.54 Å². The summed E-state index contributed by atoms with van der Waals surface area (Å²) in [5.74, 6) is 3.22. The van der Waals surface area contributed by atoms with E-state index in [-0.39, 0.29) is 0 Å². The van der Waals surface area contributed by atoms with Gasteiger partial charge in [0, 0.05) is 6.54 Å². The molecule has 31 heavy (non-hydrogen) atoms. The van der Waals surface area contributed by atoms with Crippen molar-refractivity contribution >= 4 is 0 Å². The van der Waals surface area contributed by atoms with Crippen LogP contribution in [0.15, 0.2) is 12.1 Å². The second kappa shape index (κ2) is 6.52. The number of aromatic hydroxyl groups is 1. The second-order valence-electron chi connectivity index (χ2n) is 13.7. The van der Waals surface area contributed by atoms with Crippen molar-refractivity contribution in [2.24, 2.45) is 33.5 Å². The van der Waals surface area contributed by atoms with Gasteiger partial charge in [-0.25, -0.2) is 0 Å². The highest BCUT2D eigenvalue weighted by molar-refractivity contribution is 5.51. The van der Waals surface area contributed by atoms with Gasteiger partial charge < -0.3 is 10.0 Å². The number of phenols is 1. The molecule has 4 aliphatic carbocycles. The van der Waals surface area contributed by atoms with E-state index in [0.717, 1.165) is 18.4 Å². The van der Waals surface area contributed by atoms with Crippen LogP contribution in [0.25, 0.3) is 0 Å². The van der Waals surface area contributed by atoms with E-state index in [4.69, 9.17) is 0 Å². The molecule has 0 saturated heterocycles. The first kappa shape index (κ1) is 21.8. The third kappa shape index (κ3) is 2.66. The number of benzene rings is 1. The fraction of sp³-hybridized carbons (Fsp3) is 0.793. The molecular weight excluding hydrogens is 378 g/mol. The summed E-state index contributed by atoms with van der Waals surface area (Å²) in [5.41, 5.74) is 5.25. The first-order valence-electron chi connectivity index (χ1n) is 12.8. The predicted octanol–water partition coefficient (Wildman–Crippen LogP) is 7.31. The van der Waals surface area contributed by atoms with Crippen molar-refractivity contribution < 1.29 is 5.11 Å². The molecule has 0 radical (unpaired) electrons. The molecule has 0 spiro atoms. The average molecular weight is 424 g/mol. The number of phenolic OH excluding ortho intramolecular Hbond substituents is 1. The standard InChI is InChI=1S/C29H45NO/c1-26(2)19-9-11-28(26,5)23(15-19)21-13-18(17-30(7)8)14-22(25(21)31)24-16-20-10-12-29(24,6)27(20,3)4/h13-14,19-20,23-24,31H,9-12,15-17H2,1-8H3/t19-,20+,23+,24-,28+,29-. The normalized spacial score (nSPS) is 42.1. The van der Waals surface area contributed by atoms with E-state index in [1.165, 1.54) is 55.2 Å². The predicted molar refractivity (Wildman–Crippen MR) is 129 cm³/mol. The molecular formula is C29H45NO. The van der Waals surface area contributed by atoms with E-state index in [2.05, 4.69) is 72.7 Å². The molecule has 1 N–H and O–H groups in total. The van der Waals surface area contributed by atoms with Crippen LogP contribution in [-0.4, -0.2) is 24.1 Å². The Morgan fingerprint density at radius 3 is 1.52 bits per heavy atom. The summed E-state index contributed by atoms with van der Waals surface area (Å²) in [6.07, 6.45) is 7.83. The maximum Gasteiger partial charge on any atom is 0.122 e. The van der Waals surface area contributed by atoms with E-state index in [1.54, 1.807) is 0 Å². The number of hydrogen-bond acceptors (Lipinski definition) is 2. The molecule has 172 valence electrons. The molecule has 5 rings (SSSR count). The van der Waals surface area contributed by atoms with Crippen LogP contribution in [0.3, 0.4) is 0 Å². The largest absolute Gasteiger partial charge is 0.507 e. The molecule has 4 aliphatic rings. The molecule has 0 amide bonds. The van der Waals surface area contributed by atoms with Crippen molar-refractivity contribution in [2.75, 3.05) is 14.1 Å². The van der Waals surface area contributed by atoms with Gasteiger partial charge in [-0.2, -0.15) is 0 Å². The summed E-state index contributed by atoms with van der Waals surface area (Å²) in [6, 6.07) is 4.76. The molecule has 0 aromatic heterocycles. The summed E-state index contributed by atoms with van der Waals surface area (Å²) in [4.78, 5) is 2.28. The van der Waals surface area contributed by atoms with Crippen LogP contribution >= 0.6 is 0 Å². The molecule has 4 bridgehead atoms. The van der Waals surface area contributed by atoms with Gasteiger partial charge in [0.25, 0.3) is 0 Å². The van der Waals surface area contributed by atoms with Gasteiger partial charge in [-0.05, 0) is 115 Å². The third-order valence-corrected chi connectivity index (χ3v) is 12.1. The van der Waals surface area contributed by atoms with Gasteiger partial charge >= 0.3 is 0 Å². The Bertz CT molecular complexity index is 833. The fourth-order valence-corrected chi connectivity index (χ4v) is 9.08. The monoisotopic (exact) mass is 423 g/mol. The Morgan fingerprint density at radius 1 is 0.806 bits per heavy atom. The second-order valence-corrected chi connectivity index (χ2v) is 13.7. The molecule has 0 unspecified atom stereocenters. The molecule has 1 aromatic carbocycles. The lowest BCUT2D eigenvalue weighted by Gasteiger charge is -2.42. The van der Waals surface area contributed by atoms with E-state index in [0.29, 0.717) is 39.2 Å². The zero-order chi connectivity index (χ0) is 22.6. The highest BCUT2D eigenvalue weighted by atomic mass is 16.3. The van der Waals surface area contributed by atoms with E-state index in [1.807, 2.05) is 0 Å². The van der Waals surface area contributed by atoms with Gasteiger partial charge in [-0.3, -0.25) is 0 Å². The molecule has 4 fully saturated rings. The summed E-state index contributed by atoms with van der Waals surface area (Å²) in [6.45, 7) is 16.0. The number of rotatable bonds is 4. The number of fused-ring (bicyclic) bond motifs is 4. The molecule has 4 saturated carbocycles.